The quantitative estimate of drug-likeness (QED) is 0.640. The van der Waals surface area contributed by atoms with Crippen molar-refractivity contribution in [3.05, 3.63) is 55.1 Å². The molecule has 0 aromatic heterocycles. The van der Waals surface area contributed by atoms with Gasteiger partial charge in [-0.1, -0.05) is 29.8 Å². The van der Waals surface area contributed by atoms with Gasteiger partial charge in [-0.2, -0.15) is 0 Å². The first kappa shape index (κ1) is 10.6. The maximum atomic E-state index is 3.75. The van der Waals surface area contributed by atoms with E-state index in [-0.39, 0.29) is 0 Å². The zero-order valence-electron chi connectivity index (χ0n) is 8.74. The lowest BCUT2D eigenvalue weighted by molar-refractivity contribution is 0.956. The first-order valence-corrected chi connectivity index (χ1v) is 4.81. The molecule has 0 aliphatic carbocycles. The molecule has 0 aliphatic rings. The van der Waals surface area contributed by atoms with E-state index in [1.807, 2.05) is 12.2 Å². The molecule has 0 heterocycles. The first-order valence-electron chi connectivity index (χ1n) is 4.81. The van der Waals surface area contributed by atoms with Gasteiger partial charge in [0.25, 0.3) is 0 Å². The number of rotatable bonds is 5. The van der Waals surface area contributed by atoms with Crippen LogP contribution in [0.5, 0.6) is 0 Å². The van der Waals surface area contributed by atoms with Crippen LogP contribution < -0.4 is 4.90 Å². The average molecular weight is 187 g/mol. The summed E-state index contributed by atoms with van der Waals surface area (Å²) in [7, 11) is 0. The third kappa shape index (κ3) is 2.77. The van der Waals surface area contributed by atoms with Crippen molar-refractivity contribution in [2.45, 2.75) is 6.92 Å². The highest BCUT2D eigenvalue weighted by Gasteiger charge is 2.00. The molecule has 1 aromatic rings. The fourth-order valence-corrected chi connectivity index (χ4v) is 1.35. The Kier molecular flexibility index (Phi) is 3.99. The van der Waals surface area contributed by atoms with E-state index >= 15 is 0 Å². The van der Waals surface area contributed by atoms with Crippen LogP contribution in [-0.4, -0.2) is 13.1 Å². The van der Waals surface area contributed by atoms with E-state index in [4.69, 9.17) is 0 Å². The van der Waals surface area contributed by atoms with Crippen molar-refractivity contribution in [2.24, 2.45) is 0 Å². The molecule has 0 aliphatic heterocycles. The Morgan fingerprint density at radius 3 is 2.00 bits per heavy atom. The second-order valence-corrected chi connectivity index (χ2v) is 3.32. The molecular weight excluding hydrogens is 170 g/mol. The maximum absolute atomic E-state index is 3.75. The predicted octanol–water partition coefficient (Wildman–Crippen LogP) is 3.17. The standard InChI is InChI=1S/C13H17N/c1-4-10-14(11-5-2)13-8-6-12(3)7-9-13/h4-9H,1-2,10-11H2,3H3. The second-order valence-electron chi connectivity index (χ2n) is 3.32. The van der Waals surface area contributed by atoms with Gasteiger partial charge in [0.1, 0.15) is 0 Å². The molecule has 0 spiro atoms. The summed E-state index contributed by atoms with van der Waals surface area (Å²) in [5, 5.41) is 0. The van der Waals surface area contributed by atoms with Crippen LogP contribution in [0.1, 0.15) is 5.56 Å². The van der Waals surface area contributed by atoms with Crippen molar-refractivity contribution in [1.82, 2.24) is 0 Å². The molecule has 1 heteroatoms. The zero-order chi connectivity index (χ0) is 10.4. The number of benzene rings is 1. The minimum Gasteiger partial charge on any atom is -0.364 e. The Balaban J connectivity index is 2.80. The molecule has 0 fully saturated rings. The lowest BCUT2D eigenvalue weighted by atomic mass is 10.2. The van der Waals surface area contributed by atoms with E-state index in [9.17, 15) is 0 Å². The summed E-state index contributed by atoms with van der Waals surface area (Å²) in [5.41, 5.74) is 2.50. The molecule has 1 nitrogen and oxygen atoms in total. The molecule has 0 radical (unpaired) electrons. The Hall–Kier alpha value is -1.50. The van der Waals surface area contributed by atoms with Crippen molar-refractivity contribution in [2.75, 3.05) is 18.0 Å². The summed E-state index contributed by atoms with van der Waals surface area (Å²) in [6.45, 7) is 11.3. The second kappa shape index (κ2) is 5.28. The number of aryl methyl sites for hydroxylation is 1. The molecule has 0 saturated carbocycles. The Morgan fingerprint density at radius 2 is 1.57 bits per heavy atom. The number of anilines is 1. The molecule has 14 heavy (non-hydrogen) atoms. The van der Waals surface area contributed by atoms with Gasteiger partial charge >= 0.3 is 0 Å². The van der Waals surface area contributed by atoms with Gasteiger partial charge in [0, 0.05) is 18.8 Å². The summed E-state index contributed by atoms with van der Waals surface area (Å²) in [5.74, 6) is 0. The van der Waals surface area contributed by atoms with Gasteiger partial charge in [0.2, 0.25) is 0 Å². The zero-order valence-corrected chi connectivity index (χ0v) is 8.74. The third-order valence-corrected chi connectivity index (χ3v) is 2.10. The molecule has 0 atom stereocenters. The number of hydrogen-bond donors (Lipinski definition) is 0. The van der Waals surface area contributed by atoms with Crippen LogP contribution in [0.15, 0.2) is 49.6 Å². The molecule has 0 unspecified atom stereocenters. The van der Waals surface area contributed by atoms with Crippen molar-refractivity contribution in [3.63, 3.8) is 0 Å². The molecule has 1 rings (SSSR count). The van der Waals surface area contributed by atoms with Gasteiger partial charge in [0.05, 0.1) is 0 Å². The largest absolute Gasteiger partial charge is 0.364 e. The molecule has 0 saturated heterocycles. The summed E-state index contributed by atoms with van der Waals surface area (Å²) < 4.78 is 0. The van der Waals surface area contributed by atoms with Crippen molar-refractivity contribution >= 4 is 5.69 Å². The van der Waals surface area contributed by atoms with Crippen molar-refractivity contribution in [3.8, 4) is 0 Å². The highest BCUT2D eigenvalue weighted by atomic mass is 15.1. The van der Waals surface area contributed by atoms with E-state index < -0.39 is 0 Å². The van der Waals surface area contributed by atoms with Gasteiger partial charge in [-0.15, -0.1) is 13.2 Å². The molecule has 74 valence electrons. The third-order valence-electron chi connectivity index (χ3n) is 2.10. The summed E-state index contributed by atoms with van der Waals surface area (Å²) in [6.07, 6.45) is 3.81. The van der Waals surface area contributed by atoms with Crippen LogP contribution in [0.2, 0.25) is 0 Å². The number of hydrogen-bond acceptors (Lipinski definition) is 1. The topological polar surface area (TPSA) is 3.24 Å². The molecule has 0 amide bonds. The van der Waals surface area contributed by atoms with Crippen LogP contribution in [0, 0.1) is 6.92 Å². The van der Waals surface area contributed by atoms with Crippen LogP contribution in [0.4, 0.5) is 5.69 Å². The summed E-state index contributed by atoms with van der Waals surface area (Å²) >= 11 is 0. The van der Waals surface area contributed by atoms with Gasteiger partial charge in [-0.05, 0) is 19.1 Å². The summed E-state index contributed by atoms with van der Waals surface area (Å²) in [4.78, 5) is 2.22. The van der Waals surface area contributed by atoms with Crippen molar-refractivity contribution < 1.29 is 0 Å². The van der Waals surface area contributed by atoms with Gasteiger partial charge in [-0.3, -0.25) is 0 Å². The smallest absolute Gasteiger partial charge is 0.0372 e. The predicted molar refractivity (Wildman–Crippen MR) is 63.8 cm³/mol. The monoisotopic (exact) mass is 187 g/mol. The van der Waals surface area contributed by atoms with E-state index in [2.05, 4.69) is 49.2 Å². The van der Waals surface area contributed by atoms with Gasteiger partial charge in [-0.25, -0.2) is 0 Å². The van der Waals surface area contributed by atoms with Gasteiger partial charge < -0.3 is 4.90 Å². The highest BCUT2D eigenvalue weighted by Crippen LogP contribution is 2.14. The molecule has 1 aromatic carbocycles. The molecule has 0 N–H and O–H groups in total. The van der Waals surface area contributed by atoms with E-state index in [0.29, 0.717) is 0 Å². The first-order chi connectivity index (χ1) is 6.77. The fraction of sp³-hybridized carbons (Fsp3) is 0.231. The average Bonchev–Trinajstić information content (AvgIpc) is 2.19. The Labute approximate surface area is 86.4 Å². The molecular formula is C13H17N. The van der Waals surface area contributed by atoms with Gasteiger partial charge in [0.15, 0.2) is 0 Å². The van der Waals surface area contributed by atoms with Crippen LogP contribution >= 0.6 is 0 Å². The van der Waals surface area contributed by atoms with E-state index in [1.54, 1.807) is 0 Å². The SMILES string of the molecule is C=CCN(CC=C)c1ccc(C)cc1. The minimum atomic E-state index is 0.856. The maximum Gasteiger partial charge on any atom is 0.0372 e. The Bertz CT molecular complexity index is 288. The van der Waals surface area contributed by atoms with Crippen LogP contribution in [0.3, 0.4) is 0 Å². The van der Waals surface area contributed by atoms with Crippen molar-refractivity contribution in [1.29, 1.82) is 0 Å². The molecule has 0 bridgehead atoms. The lowest BCUT2D eigenvalue weighted by Gasteiger charge is -2.21. The van der Waals surface area contributed by atoms with E-state index in [1.165, 1.54) is 11.3 Å². The Morgan fingerprint density at radius 1 is 1.07 bits per heavy atom. The minimum absolute atomic E-state index is 0.856. The number of nitrogens with zero attached hydrogens (tertiary/aromatic N) is 1. The van der Waals surface area contributed by atoms with Crippen LogP contribution in [0.25, 0.3) is 0 Å². The lowest BCUT2D eigenvalue weighted by Crippen LogP contribution is -2.22. The fourth-order valence-electron chi connectivity index (χ4n) is 1.35. The van der Waals surface area contributed by atoms with E-state index in [0.717, 1.165) is 13.1 Å². The highest BCUT2D eigenvalue weighted by molar-refractivity contribution is 5.48. The normalized spacial score (nSPS) is 9.50. The summed E-state index contributed by atoms with van der Waals surface area (Å²) in [6, 6.07) is 8.49. The van der Waals surface area contributed by atoms with Crippen LogP contribution in [-0.2, 0) is 0 Å².